The number of nitrogens with zero attached hydrogens (tertiary/aromatic N) is 2. The van der Waals surface area contributed by atoms with Crippen molar-refractivity contribution in [2.75, 3.05) is 20.2 Å². The van der Waals surface area contributed by atoms with Gasteiger partial charge in [0.25, 0.3) is 5.69 Å². The molecular weight excluding hydrogens is 304 g/mol. The minimum Gasteiger partial charge on any atom is -0.497 e. The molecule has 0 N–H and O–H groups in total. The first-order chi connectivity index (χ1) is 11.7. The Morgan fingerprint density at radius 2 is 1.71 bits per heavy atom. The lowest BCUT2D eigenvalue weighted by molar-refractivity contribution is -0.385. The summed E-state index contributed by atoms with van der Waals surface area (Å²) < 4.78 is 5.24. The van der Waals surface area contributed by atoms with Gasteiger partial charge in [0.1, 0.15) is 5.75 Å². The highest BCUT2D eigenvalue weighted by molar-refractivity contribution is 5.47. The first kappa shape index (κ1) is 16.5. The van der Waals surface area contributed by atoms with Crippen LogP contribution in [0.2, 0.25) is 0 Å². The molecule has 2 aromatic rings. The third kappa shape index (κ3) is 3.41. The molecule has 1 aliphatic heterocycles. The molecule has 0 spiro atoms. The summed E-state index contributed by atoms with van der Waals surface area (Å²) in [6, 6.07) is 14.8. The molecule has 0 amide bonds. The Kier molecular flexibility index (Phi) is 5.11. The maximum absolute atomic E-state index is 11.5. The topological polar surface area (TPSA) is 55.6 Å². The van der Waals surface area contributed by atoms with Crippen LogP contribution >= 0.6 is 0 Å². The van der Waals surface area contributed by atoms with Crippen LogP contribution in [0.25, 0.3) is 0 Å². The van der Waals surface area contributed by atoms with Crippen molar-refractivity contribution in [3.8, 4) is 5.75 Å². The number of benzene rings is 2. The first-order valence-corrected chi connectivity index (χ1v) is 8.32. The molecule has 1 unspecified atom stereocenters. The minimum atomic E-state index is -0.282. The molecule has 0 saturated carbocycles. The van der Waals surface area contributed by atoms with Crippen LogP contribution in [0.1, 0.15) is 36.4 Å². The van der Waals surface area contributed by atoms with Gasteiger partial charge in [0.05, 0.1) is 23.6 Å². The predicted octanol–water partition coefficient (Wildman–Crippen LogP) is 4.18. The fourth-order valence-corrected chi connectivity index (χ4v) is 3.43. The monoisotopic (exact) mass is 326 g/mol. The van der Waals surface area contributed by atoms with Crippen LogP contribution in [0.4, 0.5) is 5.69 Å². The quantitative estimate of drug-likeness (QED) is 0.611. The van der Waals surface area contributed by atoms with Crippen LogP contribution < -0.4 is 4.74 Å². The Balaban J connectivity index is 2.06. The van der Waals surface area contributed by atoms with Gasteiger partial charge in [0, 0.05) is 6.07 Å². The van der Waals surface area contributed by atoms with E-state index in [1.807, 2.05) is 36.4 Å². The van der Waals surface area contributed by atoms with Gasteiger partial charge in [-0.25, -0.2) is 0 Å². The molecule has 5 heteroatoms. The molecule has 126 valence electrons. The molecule has 1 atom stereocenters. The lowest BCUT2D eigenvalue weighted by Crippen LogP contribution is -2.34. The lowest BCUT2D eigenvalue weighted by Gasteiger charge is -2.35. The summed E-state index contributed by atoms with van der Waals surface area (Å²) in [7, 11) is 1.64. The molecule has 0 radical (unpaired) electrons. The zero-order valence-corrected chi connectivity index (χ0v) is 13.9. The molecule has 5 nitrogen and oxygen atoms in total. The van der Waals surface area contributed by atoms with E-state index in [-0.39, 0.29) is 16.7 Å². The average Bonchev–Trinajstić information content (AvgIpc) is 2.64. The van der Waals surface area contributed by atoms with Gasteiger partial charge in [-0.1, -0.05) is 36.8 Å². The number of para-hydroxylation sites is 1. The standard InChI is InChI=1S/C19H22N2O3/c1-24-16-11-9-15(10-12-16)19(20-13-5-2-6-14-20)17-7-3-4-8-18(17)21(22)23/h3-4,7-12,19H,2,5-6,13-14H2,1H3. The highest BCUT2D eigenvalue weighted by atomic mass is 16.6. The van der Waals surface area contributed by atoms with E-state index in [0.717, 1.165) is 42.8 Å². The molecule has 1 heterocycles. The largest absolute Gasteiger partial charge is 0.497 e. The van der Waals surface area contributed by atoms with Gasteiger partial charge < -0.3 is 4.74 Å². The van der Waals surface area contributed by atoms with Crippen LogP contribution in [-0.2, 0) is 0 Å². The van der Waals surface area contributed by atoms with E-state index in [4.69, 9.17) is 4.74 Å². The van der Waals surface area contributed by atoms with E-state index in [2.05, 4.69) is 4.90 Å². The maximum atomic E-state index is 11.5. The molecule has 1 fully saturated rings. The van der Waals surface area contributed by atoms with Crippen LogP contribution in [0, 0.1) is 10.1 Å². The zero-order chi connectivity index (χ0) is 16.9. The van der Waals surface area contributed by atoms with Gasteiger partial charge >= 0.3 is 0 Å². The summed E-state index contributed by atoms with van der Waals surface area (Å²) in [5.74, 6) is 0.790. The molecule has 24 heavy (non-hydrogen) atoms. The average molecular weight is 326 g/mol. The fraction of sp³-hybridized carbons (Fsp3) is 0.368. The summed E-state index contributed by atoms with van der Waals surface area (Å²) in [6.07, 6.45) is 3.49. The summed E-state index contributed by atoms with van der Waals surface area (Å²) in [5.41, 5.74) is 2.01. The molecule has 2 aromatic carbocycles. The highest BCUT2D eigenvalue weighted by Gasteiger charge is 2.29. The second kappa shape index (κ2) is 7.45. The number of ether oxygens (including phenoxy) is 1. The van der Waals surface area contributed by atoms with Crippen molar-refractivity contribution in [2.24, 2.45) is 0 Å². The molecule has 0 aromatic heterocycles. The number of piperidine rings is 1. The van der Waals surface area contributed by atoms with Crippen LogP contribution in [0.3, 0.4) is 0 Å². The molecular formula is C19H22N2O3. The number of rotatable bonds is 5. The van der Waals surface area contributed by atoms with E-state index >= 15 is 0 Å². The van der Waals surface area contributed by atoms with Crippen molar-refractivity contribution in [3.63, 3.8) is 0 Å². The van der Waals surface area contributed by atoms with Crippen molar-refractivity contribution in [1.82, 2.24) is 4.90 Å². The van der Waals surface area contributed by atoms with Gasteiger partial charge in [0.15, 0.2) is 0 Å². The van der Waals surface area contributed by atoms with Gasteiger partial charge in [-0.3, -0.25) is 15.0 Å². The number of nitro benzene ring substituents is 1. The molecule has 0 bridgehead atoms. The Hall–Kier alpha value is -2.40. The number of nitro groups is 1. The smallest absolute Gasteiger partial charge is 0.274 e. The SMILES string of the molecule is COc1ccc(C(c2ccccc2[N+](=O)[O-])N2CCCCC2)cc1. The molecule has 3 rings (SSSR count). The van der Waals surface area contributed by atoms with E-state index in [1.54, 1.807) is 19.2 Å². The molecule has 1 aliphatic rings. The third-order valence-corrected chi connectivity index (χ3v) is 4.62. The summed E-state index contributed by atoms with van der Waals surface area (Å²) in [5, 5.41) is 11.5. The van der Waals surface area contributed by atoms with Gasteiger partial charge in [-0.2, -0.15) is 0 Å². The summed E-state index contributed by atoms with van der Waals surface area (Å²) >= 11 is 0. The normalized spacial score (nSPS) is 16.5. The number of likely N-dealkylation sites (tertiary alicyclic amines) is 1. The Labute approximate surface area is 142 Å². The van der Waals surface area contributed by atoms with Gasteiger partial charge in [0.2, 0.25) is 0 Å². The first-order valence-electron chi connectivity index (χ1n) is 8.32. The van der Waals surface area contributed by atoms with Crippen molar-refractivity contribution >= 4 is 5.69 Å². The van der Waals surface area contributed by atoms with E-state index in [1.165, 1.54) is 6.42 Å². The molecule has 0 aliphatic carbocycles. The summed E-state index contributed by atoms with van der Waals surface area (Å²) in [6.45, 7) is 1.92. The van der Waals surface area contributed by atoms with Crippen molar-refractivity contribution in [1.29, 1.82) is 0 Å². The molecule has 1 saturated heterocycles. The van der Waals surface area contributed by atoms with Crippen molar-refractivity contribution in [3.05, 3.63) is 69.8 Å². The van der Waals surface area contributed by atoms with Crippen molar-refractivity contribution in [2.45, 2.75) is 25.3 Å². The van der Waals surface area contributed by atoms with Crippen LogP contribution in [-0.4, -0.2) is 30.0 Å². The van der Waals surface area contributed by atoms with E-state index in [9.17, 15) is 10.1 Å². The number of hydrogen-bond donors (Lipinski definition) is 0. The summed E-state index contributed by atoms with van der Waals surface area (Å²) in [4.78, 5) is 13.6. The minimum absolute atomic E-state index is 0.0993. The Morgan fingerprint density at radius 1 is 1.04 bits per heavy atom. The zero-order valence-electron chi connectivity index (χ0n) is 13.9. The van der Waals surface area contributed by atoms with E-state index < -0.39 is 0 Å². The van der Waals surface area contributed by atoms with Crippen LogP contribution in [0.15, 0.2) is 48.5 Å². The third-order valence-electron chi connectivity index (χ3n) is 4.62. The fourth-order valence-electron chi connectivity index (χ4n) is 3.43. The van der Waals surface area contributed by atoms with Crippen LogP contribution in [0.5, 0.6) is 5.75 Å². The maximum Gasteiger partial charge on any atom is 0.274 e. The Bertz CT molecular complexity index is 694. The Morgan fingerprint density at radius 3 is 2.33 bits per heavy atom. The second-order valence-electron chi connectivity index (χ2n) is 6.09. The number of methoxy groups -OCH3 is 1. The highest BCUT2D eigenvalue weighted by Crippen LogP contribution is 2.36. The predicted molar refractivity (Wildman–Crippen MR) is 93.4 cm³/mol. The van der Waals surface area contributed by atoms with Gasteiger partial charge in [-0.05, 0) is 43.6 Å². The second-order valence-corrected chi connectivity index (χ2v) is 6.09. The lowest BCUT2D eigenvalue weighted by atomic mass is 9.93. The van der Waals surface area contributed by atoms with E-state index in [0.29, 0.717) is 0 Å². The van der Waals surface area contributed by atoms with Gasteiger partial charge in [-0.15, -0.1) is 0 Å². The number of hydrogen-bond acceptors (Lipinski definition) is 4. The van der Waals surface area contributed by atoms with Crippen molar-refractivity contribution < 1.29 is 9.66 Å².